The number of benzene rings is 1. The quantitative estimate of drug-likeness (QED) is 0.766. The first-order valence-corrected chi connectivity index (χ1v) is 7.73. The lowest BCUT2D eigenvalue weighted by molar-refractivity contribution is -0.143. The third-order valence-electron chi connectivity index (χ3n) is 3.76. The Morgan fingerprint density at radius 1 is 1.19 bits per heavy atom. The lowest BCUT2D eigenvalue weighted by atomic mass is 10.1. The van der Waals surface area contributed by atoms with Crippen LogP contribution in [-0.4, -0.2) is 35.3 Å². The molecule has 2 rings (SSSR count). The van der Waals surface area contributed by atoms with Crippen LogP contribution in [0.3, 0.4) is 0 Å². The van der Waals surface area contributed by atoms with Gasteiger partial charge in [-0.25, -0.2) is 4.68 Å². The second-order valence-corrected chi connectivity index (χ2v) is 5.76. The average Bonchev–Trinajstić information content (AvgIpc) is 3.04. The van der Waals surface area contributed by atoms with Gasteiger partial charge in [0.1, 0.15) is 0 Å². The molecule has 2 aromatic rings. The van der Waals surface area contributed by atoms with Crippen LogP contribution >= 0.6 is 0 Å². The summed E-state index contributed by atoms with van der Waals surface area (Å²) in [5.41, 5.74) is -3.81. The second-order valence-electron chi connectivity index (χ2n) is 5.76. The summed E-state index contributed by atoms with van der Waals surface area (Å²) in [5.74, 6) is -1.03. The van der Waals surface area contributed by atoms with E-state index in [-0.39, 0.29) is 17.3 Å². The largest absolute Gasteiger partial charge is 0.434 e. The second kappa shape index (κ2) is 7.59. The van der Waals surface area contributed by atoms with Crippen molar-refractivity contribution in [1.82, 2.24) is 20.4 Å². The number of rotatable bonds is 5. The van der Waals surface area contributed by atoms with Crippen molar-refractivity contribution < 1.29 is 31.1 Å². The van der Waals surface area contributed by atoms with Crippen LogP contribution in [0.1, 0.15) is 28.5 Å². The zero-order valence-corrected chi connectivity index (χ0v) is 14.2. The topological polar surface area (TPSA) is 58.9 Å². The molecule has 2 N–H and O–H groups in total. The van der Waals surface area contributed by atoms with E-state index in [0.717, 1.165) is 18.2 Å². The van der Waals surface area contributed by atoms with E-state index in [9.17, 15) is 31.1 Å². The fourth-order valence-electron chi connectivity index (χ4n) is 2.24. The third kappa shape index (κ3) is 4.79. The Balaban J connectivity index is 2.48. The van der Waals surface area contributed by atoms with Gasteiger partial charge in [0, 0.05) is 12.6 Å². The molecule has 1 atom stereocenters. The highest BCUT2D eigenvalue weighted by atomic mass is 19.4. The molecule has 0 spiro atoms. The Morgan fingerprint density at radius 2 is 1.85 bits per heavy atom. The fourth-order valence-corrected chi connectivity index (χ4v) is 2.24. The van der Waals surface area contributed by atoms with Crippen molar-refractivity contribution in [2.45, 2.75) is 25.3 Å². The van der Waals surface area contributed by atoms with Crippen molar-refractivity contribution in [3.63, 3.8) is 0 Å². The van der Waals surface area contributed by atoms with Gasteiger partial charge in [0.15, 0.2) is 5.69 Å². The third-order valence-corrected chi connectivity index (χ3v) is 3.76. The van der Waals surface area contributed by atoms with E-state index >= 15 is 0 Å². The average molecular weight is 394 g/mol. The number of aromatic nitrogens is 2. The SMILES string of the molecule is CNC(C)CNC(=O)c1cnn(-c2cccc(C(F)(F)F)c2)c1C(F)(F)F. The van der Waals surface area contributed by atoms with Crippen molar-refractivity contribution in [1.29, 1.82) is 0 Å². The van der Waals surface area contributed by atoms with Crippen molar-refractivity contribution in [3.05, 3.63) is 47.3 Å². The zero-order valence-electron chi connectivity index (χ0n) is 14.2. The van der Waals surface area contributed by atoms with Gasteiger partial charge in [0.2, 0.25) is 0 Å². The number of carbonyl (C=O) groups is 1. The van der Waals surface area contributed by atoms with Gasteiger partial charge in [0.25, 0.3) is 5.91 Å². The molecule has 0 aliphatic carbocycles. The highest BCUT2D eigenvalue weighted by Crippen LogP contribution is 2.35. The summed E-state index contributed by atoms with van der Waals surface area (Å²) in [6.07, 6.45) is -9.06. The van der Waals surface area contributed by atoms with Crippen molar-refractivity contribution in [2.24, 2.45) is 0 Å². The molecule has 0 saturated carbocycles. The molecule has 0 radical (unpaired) electrons. The Hall–Kier alpha value is -2.56. The van der Waals surface area contributed by atoms with Gasteiger partial charge in [-0.1, -0.05) is 6.07 Å². The summed E-state index contributed by atoms with van der Waals surface area (Å²) >= 11 is 0. The van der Waals surface area contributed by atoms with E-state index in [2.05, 4.69) is 15.7 Å². The molecule has 0 bridgehead atoms. The van der Waals surface area contributed by atoms with Gasteiger partial charge >= 0.3 is 12.4 Å². The van der Waals surface area contributed by atoms with Gasteiger partial charge in [-0.3, -0.25) is 4.79 Å². The molecule has 148 valence electrons. The van der Waals surface area contributed by atoms with Gasteiger partial charge in [0.05, 0.1) is 23.0 Å². The fraction of sp³-hybridized carbons (Fsp3) is 0.375. The maximum Gasteiger partial charge on any atom is 0.434 e. The normalized spacial score (nSPS) is 13.5. The van der Waals surface area contributed by atoms with Gasteiger partial charge < -0.3 is 10.6 Å². The number of nitrogens with one attached hydrogen (secondary N) is 2. The monoisotopic (exact) mass is 394 g/mol. The Kier molecular flexibility index (Phi) is 5.83. The predicted molar refractivity (Wildman–Crippen MR) is 84.4 cm³/mol. The lowest BCUT2D eigenvalue weighted by Gasteiger charge is -2.15. The number of likely N-dealkylation sites (N-methyl/N-ethyl adjacent to an activating group) is 1. The Morgan fingerprint density at radius 3 is 2.41 bits per heavy atom. The summed E-state index contributed by atoms with van der Waals surface area (Å²) in [7, 11) is 1.61. The Bertz CT molecular complexity index is 812. The molecule has 1 amide bonds. The number of halogens is 6. The van der Waals surface area contributed by atoms with Crippen molar-refractivity contribution in [3.8, 4) is 5.69 Å². The van der Waals surface area contributed by atoms with Crippen LogP contribution in [0.15, 0.2) is 30.5 Å². The molecular weight excluding hydrogens is 378 g/mol. The van der Waals surface area contributed by atoms with Crippen LogP contribution in [0.5, 0.6) is 0 Å². The highest BCUT2D eigenvalue weighted by Gasteiger charge is 2.41. The number of nitrogens with zero attached hydrogens (tertiary/aromatic N) is 2. The van der Waals surface area contributed by atoms with Crippen LogP contribution < -0.4 is 10.6 Å². The Labute approximate surface area is 150 Å². The molecule has 1 aromatic carbocycles. The molecule has 1 aromatic heterocycles. The van der Waals surface area contributed by atoms with E-state index in [4.69, 9.17) is 0 Å². The summed E-state index contributed by atoms with van der Waals surface area (Å²) < 4.78 is 79.3. The predicted octanol–water partition coefficient (Wildman–Crippen LogP) is 3.25. The summed E-state index contributed by atoms with van der Waals surface area (Å²) in [4.78, 5) is 12.1. The smallest absolute Gasteiger partial charge is 0.350 e. The molecule has 0 aliphatic rings. The highest BCUT2D eigenvalue weighted by molar-refractivity contribution is 5.95. The number of hydrogen-bond acceptors (Lipinski definition) is 3. The number of hydrogen-bond donors (Lipinski definition) is 2. The van der Waals surface area contributed by atoms with Gasteiger partial charge in [-0.2, -0.15) is 31.4 Å². The van der Waals surface area contributed by atoms with Crippen molar-refractivity contribution in [2.75, 3.05) is 13.6 Å². The minimum Gasteiger partial charge on any atom is -0.350 e. The summed E-state index contributed by atoms with van der Waals surface area (Å²) in [6, 6.07) is 3.08. The van der Waals surface area contributed by atoms with Crippen LogP contribution in [0, 0.1) is 0 Å². The molecule has 1 heterocycles. The van der Waals surface area contributed by atoms with E-state index < -0.39 is 40.8 Å². The van der Waals surface area contributed by atoms with E-state index in [1.165, 1.54) is 0 Å². The molecule has 5 nitrogen and oxygen atoms in total. The maximum atomic E-state index is 13.5. The number of alkyl halides is 6. The maximum absolute atomic E-state index is 13.5. The minimum absolute atomic E-state index is 0.0569. The van der Waals surface area contributed by atoms with Crippen LogP contribution in [0.25, 0.3) is 5.69 Å². The summed E-state index contributed by atoms with van der Waals surface area (Å²) in [5, 5.41) is 8.63. The van der Waals surface area contributed by atoms with Crippen LogP contribution in [-0.2, 0) is 12.4 Å². The van der Waals surface area contributed by atoms with Gasteiger partial charge in [-0.05, 0) is 32.2 Å². The first kappa shape index (κ1) is 20.7. The molecule has 1 unspecified atom stereocenters. The van der Waals surface area contributed by atoms with E-state index in [0.29, 0.717) is 12.3 Å². The standard InChI is InChI=1S/C16H16F6N4O/c1-9(23-2)7-24-14(27)12-8-25-26(13(12)16(20,21)22)11-5-3-4-10(6-11)15(17,18)19/h3-6,8-9,23H,7H2,1-2H3,(H,24,27). The van der Waals surface area contributed by atoms with Crippen LogP contribution in [0.4, 0.5) is 26.3 Å². The van der Waals surface area contributed by atoms with E-state index in [1.807, 2.05) is 0 Å². The van der Waals surface area contributed by atoms with E-state index in [1.54, 1.807) is 14.0 Å². The minimum atomic E-state index is -5.01. The molecular formula is C16H16F6N4O. The van der Waals surface area contributed by atoms with Crippen LogP contribution in [0.2, 0.25) is 0 Å². The van der Waals surface area contributed by atoms with Crippen molar-refractivity contribution >= 4 is 5.91 Å². The number of amides is 1. The first-order valence-electron chi connectivity index (χ1n) is 7.73. The summed E-state index contributed by atoms with van der Waals surface area (Å²) in [6.45, 7) is 1.76. The molecule has 27 heavy (non-hydrogen) atoms. The lowest BCUT2D eigenvalue weighted by Crippen LogP contribution is -2.37. The first-order chi connectivity index (χ1) is 12.4. The molecule has 0 aliphatic heterocycles. The van der Waals surface area contributed by atoms with Gasteiger partial charge in [-0.15, -0.1) is 0 Å². The molecule has 11 heteroatoms. The molecule has 0 fully saturated rings. The molecule has 0 saturated heterocycles. The zero-order chi connectivity index (χ0) is 20.4. The number of carbonyl (C=O) groups excluding carboxylic acids is 1.